The van der Waals surface area contributed by atoms with Crippen LogP contribution >= 0.6 is 0 Å². The molecule has 0 bridgehead atoms. The SMILES string of the molecule is O=C(O)c1ccc(CNC(=O)N2CCC(O)(c3ccccc3)CC2)cc1. The molecule has 1 aliphatic heterocycles. The number of carboxylic acid groups (broad SMARTS) is 1. The molecule has 1 heterocycles. The Morgan fingerprint density at radius 2 is 1.62 bits per heavy atom. The minimum atomic E-state index is -0.972. The van der Waals surface area contributed by atoms with E-state index in [1.165, 1.54) is 12.1 Å². The molecule has 0 spiro atoms. The summed E-state index contributed by atoms with van der Waals surface area (Å²) in [5.41, 5.74) is 1.06. The van der Waals surface area contributed by atoms with Crippen molar-refractivity contribution < 1.29 is 19.8 Å². The number of carboxylic acids is 1. The predicted octanol–water partition coefficient (Wildman–Crippen LogP) is 2.58. The Morgan fingerprint density at radius 3 is 2.19 bits per heavy atom. The molecular weight excluding hydrogens is 332 g/mol. The number of nitrogens with one attached hydrogen (secondary N) is 1. The summed E-state index contributed by atoms with van der Waals surface area (Å²) in [6.07, 6.45) is 0.996. The van der Waals surface area contributed by atoms with Gasteiger partial charge < -0.3 is 20.4 Å². The van der Waals surface area contributed by atoms with Gasteiger partial charge in [0.15, 0.2) is 0 Å². The fraction of sp³-hybridized carbons (Fsp3) is 0.300. The van der Waals surface area contributed by atoms with Crippen molar-refractivity contribution >= 4 is 12.0 Å². The van der Waals surface area contributed by atoms with Gasteiger partial charge in [-0.15, -0.1) is 0 Å². The van der Waals surface area contributed by atoms with Crippen LogP contribution < -0.4 is 5.32 Å². The predicted molar refractivity (Wildman–Crippen MR) is 96.8 cm³/mol. The fourth-order valence-electron chi connectivity index (χ4n) is 3.17. The number of amides is 2. The van der Waals surface area contributed by atoms with Crippen molar-refractivity contribution in [2.45, 2.75) is 25.0 Å². The third-order valence-corrected chi connectivity index (χ3v) is 4.83. The van der Waals surface area contributed by atoms with E-state index in [1.807, 2.05) is 30.3 Å². The van der Waals surface area contributed by atoms with Crippen LogP contribution in [0.1, 0.15) is 34.3 Å². The number of hydrogen-bond acceptors (Lipinski definition) is 3. The summed E-state index contributed by atoms with van der Waals surface area (Å²) in [6.45, 7) is 1.29. The monoisotopic (exact) mass is 354 g/mol. The van der Waals surface area contributed by atoms with Gasteiger partial charge >= 0.3 is 12.0 Å². The number of piperidine rings is 1. The highest BCUT2D eigenvalue weighted by molar-refractivity contribution is 5.87. The first kappa shape index (κ1) is 17.9. The Bertz CT molecular complexity index is 766. The smallest absolute Gasteiger partial charge is 0.335 e. The number of urea groups is 1. The van der Waals surface area contributed by atoms with Gasteiger partial charge in [0.25, 0.3) is 0 Å². The van der Waals surface area contributed by atoms with Gasteiger partial charge in [0.05, 0.1) is 11.2 Å². The quantitative estimate of drug-likeness (QED) is 0.787. The zero-order valence-corrected chi connectivity index (χ0v) is 14.4. The summed E-state index contributed by atoms with van der Waals surface area (Å²) in [7, 11) is 0. The van der Waals surface area contributed by atoms with Crippen LogP contribution in [0, 0.1) is 0 Å². The van der Waals surface area contributed by atoms with E-state index < -0.39 is 11.6 Å². The Kier molecular flexibility index (Phi) is 5.23. The van der Waals surface area contributed by atoms with Gasteiger partial charge in [0.2, 0.25) is 0 Å². The molecule has 2 aromatic rings. The first-order valence-electron chi connectivity index (χ1n) is 8.61. The molecule has 26 heavy (non-hydrogen) atoms. The molecule has 1 saturated heterocycles. The van der Waals surface area contributed by atoms with Gasteiger partial charge in [-0.1, -0.05) is 42.5 Å². The van der Waals surface area contributed by atoms with Crippen LogP contribution in [0.2, 0.25) is 0 Å². The summed E-state index contributed by atoms with van der Waals surface area (Å²) in [5, 5.41) is 22.5. The van der Waals surface area contributed by atoms with Crippen molar-refractivity contribution in [3.8, 4) is 0 Å². The molecule has 0 radical (unpaired) electrons. The van der Waals surface area contributed by atoms with Crippen molar-refractivity contribution in [2.24, 2.45) is 0 Å². The van der Waals surface area contributed by atoms with Crippen LogP contribution in [-0.4, -0.2) is 40.2 Å². The molecule has 0 aromatic heterocycles. The van der Waals surface area contributed by atoms with E-state index in [0.29, 0.717) is 32.5 Å². The molecule has 2 aromatic carbocycles. The lowest BCUT2D eigenvalue weighted by Crippen LogP contribution is -2.48. The van der Waals surface area contributed by atoms with Gasteiger partial charge in [-0.2, -0.15) is 0 Å². The van der Waals surface area contributed by atoms with E-state index in [-0.39, 0.29) is 11.6 Å². The van der Waals surface area contributed by atoms with E-state index in [0.717, 1.165) is 11.1 Å². The number of nitrogens with zero attached hydrogens (tertiary/aromatic N) is 1. The van der Waals surface area contributed by atoms with Crippen LogP contribution in [0.15, 0.2) is 54.6 Å². The summed E-state index contributed by atoms with van der Waals surface area (Å²) in [5.74, 6) is -0.972. The molecule has 1 fully saturated rings. The highest BCUT2D eigenvalue weighted by Crippen LogP contribution is 2.32. The molecular formula is C20H22N2O4. The summed E-state index contributed by atoms with van der Waals surface area (Å²) in [6, 6.07) is 15.8. The molecule has 6 nitrogen and oxygen atoms in total. The van der Waals surface area contributed by atoms with Crippen LogP contribution in [0.5, 0.6) is 0 Å². The third kappa shape index (κ3) is 4.03. The lowest BCUT2D eigenvalue weighted by Gasteiger charge is -2.38. The summed E-state index contributed by atoms with van der Waals surface area (Å²) in [4.78, 5) is 24.9. The molecule has 3 N–H and O–H groups in total. The molecule has 0 unspecified atom stereocenters. The molecule has 3 rings (SSSR count). The first-order valence-corrected chi connectivity index (χ1v) is 8.61. The maximum Gasteiger partial charge on any atom is 0.335 e. The number of rotatable bonds is 4. The molecule has 1 aliphatic rings. The van der Waals surface area contributed by atoms with Crippen molar-refractivity contribution in [1.82, 2.24) is 10.2 Å². The van der Waals surface area contributed by atoms with Crippen molar-refractivity contribution in [1.29, 1.82) is 0 Å². The van der Waals surface area contributed by atoms with E-state index in [1.54, 1.807) is 17.0 Å². The molecule has 0 aliphatic carbocycles. The van der Waals surface area contributed by atoms with Crippen molar-refractivity contribution in [3.63, 3.8) is 0 Å². The normalized spacial score (nSPS) is 16.1. The first-order chi connectivity index (χ1) is 12.5. The Hall–Kier alpha value is -2.86. The van der Waals surface area contributed by atoms with Crippen LogP contribution in [-0.2, 0) is 12.1 Å². The highest BCUT2D eigenvalue weighted by Gasteiger charge is 2.35. The maximum atomic E-state index is 12.3. The van der Waals surface area contributed by atoms with Gasteiger partial charge in [0.1, 0.15) is 0 Å². The van der Waals surface area contributed by atoms with E-state index in [9.17, 15) is 14.7 Å². The Morgan fingerprint density at radius 1 is 1.00 bits per heavy atom. The van der Waals surface area contributed by atoms with E-state index in [2.05, 4.69) is 5.32 Å². The van der Waals surface area contributed by atoms with Gasteiger partial charge in [-0.25, -0.2) is 9.59 Å². The Labute approximate surface area is 152 Å². The molecule has 136 valence electrons. The standard InChI is InChI=1S/C20H22N2O4/c23-18(24)16-8-6-15(7-9-16)14-21-19(25)22-12-10-20(26,11-13-22)17-4-2-1-3-5-17/h1-9,26H,10-14H2,(H,21,25)(H,23,24). The van der Waals surface area contributed by atoms with Crippen molar-refractivity contribution in [2.75, 3.05) is 13.1 Å². The number of carbonyl (C=O) groups excluding carboxylic acids is 1. The minimum Gasteiger partial charge on any atom is -0.478 e. The topological polar surface area (TPSA) is 89.9 Å². The number of aromatic carboxylic acids is 1. The zero-order valence-electron chi connectivity index (χ0n) is 14.4. The van der Waals surface area contributed by atoms with E-state index in [4.69, 9.17) is 5.11 Å². The van der Waals surface area contributed by atoms with Crippen LogP contribution in [0.4, 0.5) is 4.79 Å². The lowest BCUT2D eigenvalue weighted by molar-refractivity contribution is -0.0168. The van der Waals surface area contributed by atoms with Crippen molar-refractivity contribution in [3.05, 3.63) is 71.3 Å². The number of likely N-dealkylation sites (tertiary alicyclic amines) is 1. The second-order valence-electron chi connectivity index (χ2n) is 6.55. The fourth-order valence-corrected chi connectivity index (χ4v) is 3.17. The van der Waals surface area contributed by atoms with Gasteiger partial charge in [-0.3, -0.25) is 0 Å². The largest absolute Gasteiger partial charge is 0.478 e. The summed E-state index contributed by atoms with van der Waals surface area (Å²) >= 11 is 0. The lowest BCUT2D eigenvalue weighted by atomic mass is 9.84. The van der Waals surface area contributed by atoms with Crippen LogP contribution in [0.3, 0.4) is 0 Å². The van der Waals surface area contributed by atoms with Crippen LogP contribution in [0.25, 0.3) is 0 Å². The second-order valence-corrected chi connectivity index (χ2v) is 6.55. The second kappa shape index (κ2) is 7.58. The van der Waals surface area contributed by atoms with E-state index >= 15 is 0 Å². The zero-order chi connectivity index (χ0) is 18.6. The Balaban J connectivity index is 1.51. The molecule has 0 atom stereocenters. The molecule has 0 saturated carbocycles. The van der Waals surface area contributed by atoms with Gasteiger partial charge in [-0.05, 0) is 36.1 Å². The highest BCUT2D eigenvalue weighted by atomic mass is 16.4. The molecule has 6 heteroatoms. The average Bonchev–Trinajstić information content (AvgIpc) is 2.67. The number of hydrogen-bond donors (Lipinski definition) is 3. The number of carbonyl (C=O) groups is 2. The summed E-state index contributed by atoms with van der Waals surface area (Å²) < 4.78 is 0. The maximum absolute atomic E-state index is 12.3. The number of benzene rings is 2. The third-order valence-electron chi connectivity index (χ3n) is 4.83. The van der Waals surface area contributed by atoms with Gasteiger partial charge in [0, 0.05) is 19.6 Å². The average molecular weight is 354 g/mol. The minimum absolute atomic E-state index is 0.178. The number of aliphatic hydroxyl groups is 1. The molecule has 2 amide bonds.